The summed E-state index contributed by atoms with van der Waals surface area (Å²) in [6, 6.07) is 9.25. The molecule has 1 fully saturated rings. The topological polar surface area (TPSA) is 87.6 Å². The molecular weight excluding hydrogens is 505 g/mol. The smallest absolute Gasteiger partial charge is 0.339 e. The van der Waals surface area contributed by atoms with Crippen LogP contribution >= 0.6 is 20.6 Å². The fourth-order valence-electron chi connectivity index (χ4n) is 3.88. The Morgan fingerprint density at radius 3 is 2.58 bits per heavy atom. The number of carboxylic acid groups (broad SMARTS) is 1. The predicted octanol–water partition coefficient (Wildman–Crippen LogP) is 6.00. The molecule has 7 nitrogen and oxygen atoms in total. The molecule has 0 radical (unpaired) electrons. The number of nitrogens with zero attached hydrogens (tertiary/aromatic N) is 3. The van der Waals surface area contributed by atoms with Gasteiger partial charge in [-0.05, 0) is 42.5 Å². The van der Waals surface area contributed by atoms with Gasteiger partial charge in [-0.2, -0.15) is 8.78 Å². The zero-order valence-corrected chi connectivity index (χ0v) is 22.1. The van der Waals surface area contributed by atoms with Gasteiger partial charge < -0.3 is 20.1 Å². The van der Waals surface area contributed by atoms with Crippen LogP contribution in [-0.2, 0) is 16.8 Å². The Kier molecular flexibility index (Phi) is 8.17. The molecule has 36 heavy (non-hydrogen) atoms. The van der Waals surface area contributed by atoms with Crippen molar-refractivity contribution >= 4 is 43.2 Å². The Morgan fingerprint density at radius 1 is 1.28 bits per heavy atom. The average molecular weight is 535 g/mol. The van der Waals surface area contributed by atoms with Crippen molar-refractivity contribution in [1.82, 2.24) is 9.97 Å². The van der Waals surface area contributed by atoms with Crippen LogP contribution < -0.4 is 10.2 Å². The fourth-order valence-corrected chi connectivity index (χ4v) is 5.06. The number of carbonyl (C=O) groups is 1. The number of anilines is 3. The zero-order valence-electron chi connectivity index (χ0n) is 20.1. The van der Waals surface area contributed by atoms with Gasteiger partial charge in [0.2, 0.25) is 0 Å². The van der Waals surface area contributed by atoms with Crippen LogP contribution in [0.3, 0.4) is 0 Å². The molecule has 2 N–H and O–H groups in total. The lowest BCUT2D eigenvalue weighted by molar-refractivity contribution is 0.0696. The molecule has 4 rings (SSSR count). The van der Waals surface area contributed by atoms with E-state index >= 15 is 0 Å². The van der Waals surface area contributed by atoms with E-state index in [1.165, 1.54) is 20.6 Å². The highest BCUT2D eigenvalue weighted by Crippen LogP contribution is 2.38. The van der Waals surface area contributed by atoms with Gasteiger partial charge in [-0.25, -0.2) is 14.8 Å². The summed E-state index contributed by atoms with van der Waals surface area (Å²) < 4.78 is 32.8. The standard InChI is InChI=1S/C25H29F2N4O3PS/c1-15(2)3-8-20-21(16-4-6-18(7-5-16)31-9-11-34-12-10-31)36-24(29-20)30-22-19(23(32)33)13-17(14-28-22)25(26,27)35/h4-7,13-15H,3,8-12,35H2,1-2H3,(H,32,33)(H,28,29,30). The van der Waals surface area contributed by atoms with Crippen LogP contribution in [0.2, 0.25) is 0 Å². The number of aromatic carboxylic acids is 1. The molecule has 11 heteroatoms. The molecule has 1 aromatic carbocycles. The highest BCUT2D eigenvalue weighted by Gasteiger charge is 2.28. The molecule has 2 aromatic heterocycles. The highest BCUT2D eigenvalue weighted by atomic mass is 32.1. The van der Waals surface area contributed by atoms with E-state index in [0.717, 1.165) is 60.0 Å². The van der Waals surface area contributed by atoms with Crippen molar-refractivity contribution in [1.29, 1.82) is 0 Å². The summed E-state index contributed by atoms with van der Waals surface area (Å²) in [7, 11) is 1.40. The monoisotopic (exact) mass is 534 g/mol. The van der Waals surface area contributed by atoms with Gasteiger partial charge in [-0.1, -0.05) is 46.6 Å². The highest BCUT2D eigenvalue weighted by molar-refractivity contribution is 7.19. The van der Waals surface area contributed by atoms with E-state index in [-0.39, 0.29) is 11.4 Å². The van der Waals surface area contributed by atoms with E-state index in [1.807, 2.05) is 0 Å². The van der Waals surface area contributed by atoms with Crippen LogP contribution in [0.5, 0.6) is 0 Å². The number of halogens is 2. The van der Waals surface area contributed by atoms with E-state index in [2.05, 4.69) is 53.3 Å². The van der Waals surface area contributed by atoms with Crippen molar-refractivity contribution in [3.8, 4) is 10.4 Å². The maximum Gasteiger partial charge on any atom is 0.339 e. The molecule has 1 saturated heterocycles. The van der Waals surface area contributed by atoms with E-state index in [4.69, 9.17) is 9.72 Å². The SMILES string of the molecule is CC(C)CCc1nc(Nc2ncc(C(F)(F)P)cc2C(=O)O)sc1-c1ccc(N2CCOCC2)cc1. The molecule has 3 heterocycles. The number of aryl methyl sites for hydroxylation is 1. The van der Waals surface area contributed by atoms with Crippen molar-refractivity contribution in [2.45, 2.75) is 32.4 Å². The zero-order chi connectivity index (χ0) is 25.9. The molecule has 1 aliphatic rings. The molecule has 0 amide bonds. The number of morpholine rings is 1. The maximum absolute atomic E-state index is 13.7. The number of ether oxygens (including phenoxy) is 1. The van der Waals surface area contributed by atoms with Crippen molar-refractivity contribution < 1.29 is 23.4 Å². The Labute approximate surface area is 215 Å². The molecule has 1 unspecified atom stereocenters. The van der Waals surface area contributed by atoms with Gasteiger partial charge in [0, 0.05) is 30.5 Å². The summed E-state index contributed by atoms with van der Waals surface area (Å²) in [5, 5.41) is 13.0. The van der Waals surface area contributed by atoms with Crippen molar-refractivity contribution in [3.05, 3.63) is 53.3 Å². The second-order valence-electron chi connectivity index (χ2n) is 9.05. The van der Waals surface area contributed by atoms with E-state index in [1.54, 1.807) is 0 Å². The van der Waals surface area contributed by atoms with Crippen LogP contribution in [0.15, 0.2) is 36.5 Å². The third-order valence-corrected chi connectivity index (χ3v) is 7.29. The second-order valence-corrected chi connectivity index (χ2v) is 10.8. The number of pyridine rings is 1. The lowest BCUT2D eigenvalue weighted by Gasteiger charge is -2.28. The van der Waals surface area contributed by atoms with E-state index in [0.29, 0.717) is 24.3 Å². The van der Waals surface area contributed by atoms with Crippen LogP contribution in [-0.4, -0.2) is 47.3 Å². The summed E-state index contributed by atoms with van der Waals surface area (Å²) in [6.45, 7) is 7.44. The lowest BCUT2D eigenvalue weighted by atomic mass is 10.0. The summed E-state index contributed by atoms with van der Waals surface area (Å²) in [5.74, 6) is -0.892. The number of aromatic nitrogens is 2. The Balaban J connectivity index is 1.64. The fraction of sp³-hybridized carbons (Fsp3) is 0.400. The van der Waals surface area contributed by atoms with Crippen LogP contribution in [0.4, 0.5) is 25.4 Å². The summed E-state index contributed by atoms with van der Waals surface area (Å²) in [6.07, 6.45) is 2.67. The van der Waals surface area contributed by atoms with Crippen LogP contribution in [0.1, 0.15) is 41.9 Å². The summed E-state index contributed by atoms with van der Waals surface area (Å²) in [4.78, 5) is 23.7. The van der Waals surface area contributed by atoms with Crippen molar-refractivity contribution in [2.24, 2.45) is 5.92 Å². The minimum atomic E-state index is -3.28. The second kappa shape index (κ2) is 11.2. The van der Waals surface area contributed by atoms with Gasteiger partial charge in [-0.3, -0.25) is 0 Å². The van der Waals surface area contributed by atoms with Crippen molar-refractivity contribution in [2.75, 3.05) is 36.5 Å². The summed E-state index contributed by atoms with van der Waals surface area (Å²) in [5.41, 5.74) is -1.06. The van der Waals surface area contributed by atoms with Gasteiger partial charge in [0.25, 0.3) is 5.66 Å². The minimum absolute atomic E-state index is 0.0288. The molecule has 0 saturated carbocycles. The largest absolute Gasteiger partial charge is 0.478 e. The number of hydrogen-bond donors (Lipinski definition) is 2. The van der Waals surface area contributed by atoms with Gasteiger partial charge in [-0.15, -0.1) is 0 Å². The molecule has 192 valence electrons. The lowest BCUT2D eigenvalue weighted by Crippen LogP contribution is -2.36. The first kappa shape index (κ1) is 26.4. The van der Waals surface area contributed by atoms with Crippen LogP contribution in [0.25, 0.3) is 10.4 Å². The molecule has 1 atom stereocenters. The Morgan fingerprint density at radius 2 is 1.97 bits per heavy atom. The molecule has 0 bridgehead atoms. The van der Waals surface area contributed by atoms with Crippen molar-refractivity contribution in [3.63, 3.8) is 0 Å². The number of hydrogen-bond acceptors (Lipinski definition) is 7. The van der Waals surface area contributed by atoms with Gasteiger partial charge in [0.15, 0.2) is 5.13 Å². The first-order valence-electron chi connectivity index (χ1n) is 11.7. The first-order chi connectivity index (χ1) is 17.1. The number of alkyl halides is 2. The average Bonchev–Trinajstić information content (AvgIpc) is 3.25. The molecule has 0 aliphatic carbocycles. The Bertz CT molecular complexity index is 1210. The maximum atomic E-state index is 13.7. The molecule has 0 spiro atoms. The predicted molar refractivity (Wildman–Crippen MR) is 142 cm³/mol. The number of nitrogens with one attached hydrogen (secondary N) is 1. The number of benzene rings is 1. The molecule has 1 aliphatic heterocycles. The quantitative estimate of drug-likeness (QED) is 0.326. The number of carboxylic acids is 1. The Hall–Kier alpha value is -2.68. The molecular formula is C25H29F2N4O3PS. The van der Waals surface area contributed by atoms with Gasteiger partial charge in [0.05, 0.1) is 23.8 Å². The number of rotatable bonds is 9. The molecule has 3 aromatic rings. The summed E-state index contributed by atoms with van der Waals surface area (Å²) >= 11 is 1.39. The third-order valence-electron chi connectivity index (χ3n) is 5.89. The third kappa shape index (κ3) is 6.35. The first-order valence-corrected chi connectivity index (χ1v) is 13.1. The minimum Gasteiger partial charge on any atom is -0.478 e. The normalized spacial score (nSPS) is 14.3. The van der Waals surface area contributed by atoms with E-state index in [9.17, 15) is 18.7 Å². The van der Waals surface area contributed by atoms with Crippen LogP contribution in [0, 0.1) is 5.92 Å². The van der Waals surface area contributed by atoms with Gasteiger partial charge in [0.1, 0.15) is 11.4 Å². The van der Waals surface area contributed by atoms with E-state index < -0.39 is 17.2 Å². The van der Waals surface area contributed by atoms with Gasteiger partial charge >= 0.3 is 5.97 Å². The number of thiazole rings is 1.